The Bertz CT molecular complexity index is 576. The van der Waals surface area contributed by atoms with E-state index in [-0.39, 0.29) is 11.9 Å². The standard InChI is InChI=1S/C13H17N5O/c1-9(2)18-8-11(7-16-18)17-13(19)10-4-5-15-12(6-10)14-3/h4-9H,1-3H3,(H,14,15)(H,17,19). The largest absolute Gasteiger partial charge is 0.373 e. The van der Waals surface area contributed by atoms with Crippen molar-refractivity contribution in [1.82, 2.24) is 14.8 Å². The van der Waals surface area contributed by atoms with E-state index in [0.29, 0.717) is 17.1 Å². The summed E-state index contributed by atoms with van der Waals surface area (Å²) in [6.45, 7) is 4.06. The van der Waals surface area contributed by atoms with Crippen LogP contribution in [0.3, 0.4) is 0 Å². The van der Waals surface area contributed by atoms with Crippen LogP contribution in [0.25, 0.3) is 0 Å². The molecule has 2 heterocycles. The van der Waals surface area contributed by atoms with Crippen molar-refractivity contribution in [1.29, 1.82) is 0 Å². The first-order chi connectivity index (χ1) is 9.10. The molecule has 0 atom stereocenters. The van der Waals surface area contributed by atoms with Crippen LogP contribution in [0.15, 0.2) is 30.7 Å². The number of carbonyl (C=O) groups excluding carboxylic acids is 1. The number of hydrogen-bond donors (Lipinski definition) is 2. The van der Waals surface area contributed by atoms with Crippen LogP contribution in [0.4, 0.5) is 11.5 Å². The van der Waals surface area contributed by atoms with Gasteiger partial charge >= 0.3 is 0 Å². The smallest absolute Gasteiger partial charge is 0.255 e. The van der Waals surface area contributed by atoms with Gasteiger partial charge in [0.25, 0.3) is 5.91 Å². The molecular formula is C13H17N5O. The molecule has 0 bridgehead atoms. The van der Waals surface area contributed by atoms with Crippen molar-refractivity contribution in [3.63, 3.8) is 0 Å². The van der Waals surface area contributed by atoms with Crippen molar-refractivity contribution in [2.24, 2.45) is 0 Å². The number of pyridine rings is 1. The lowest BCUT2D eigenvalue weighted by Gasteiger charge is -2.05. The molecule has 2 aromatic heterocycles. The zero-order valence-corrected chi connectivity index (χ0v) is 11.2. The summed E-state index contributed by atoms with van der Waals surface area (Å²) in [4.78, 5) is 16.1. The Morgan fingerprint density at radius 2 is 2.21 bits per heavy atom. The molecule has 0 unspecified atom stereocenters. The van der Waals surface area contributed by atoms with E-state index >= 15 is 0 Å². The molecule has 6 heteroatoms. The van der Waals surface area contributed by atoms with Gasteiger partial charge in [-0.05, 0) is 26.0 Å². The average Bonchev–Trinajstić information content (AvgIpc) is 2.87. The highest BCUT2D eigenvalue weighted by Gasteiger charge is 2.09. The molecule has 6 nitrogen and oxygen atoms in total. The van der Waals surface area contributed by atoms with Gasteiger partial charge < -0.3 is 10.6 Å². The number of nitrogens with one attached hydrogen (secondary N) is 2. The summed E-state index contributed by atoms with van der Waals surface area (Å²) in [7, 11) is 1.76. The van der Waals surface area contributed by atoms with Crippen molar-refractivity contribution >= 4 is 17.4 Å². The predicted octanol–water partition coefficient (Wildman–Crippen LogP) is 2.15. The Morgan fingerprint density at radius 1 is 1.42 bits per heavy atom. The Hall–Kier alpha value is -2.37. The minimum absolute atomic E-state index is 0.179. The zero-order valence-electron chi connectivity index (χ0n) is 11.2. The molecule has 0 aliphatic carbocycles. The molecular weight excluding hydrogens is 242 g/mol. The lowest BCUT2D eigenvalue weighted by Crippen LogP contribution is -2.12. The molecule has 0 saturated heterocycles. The fourth-order valence-corrected chi connectivity index (χ4v) is 1.60. The summed E-state index contributed by atoms with van der Waals surface area (Å²) in [6.07, 6.45) is 5.04. The molecule has 19 heavy (non-hydrogen) atoms. The quantitative estimate of drug-likeness (QED) is 0.882. The van der Waals surface area contributed by atoms with E-state index in [2.05, 4.69) is 20.7 Å². The van der Waals surface area contributed by atoms with Crippen LogP contribution in [0.1, 0.15) is 30.2 Å². The van der Waals surface area contributed by atoms with Gasteiger partial charge in [0.1, 0.15) is 5.82 Å². The second kappa shape index (κ2) is 5.51. The number of amides is 1. The first-order valence-electron chi connectivity index (χ1n) is 6.09. The zero-order chi connectivity index (χ0) is 13.8. The Morgan fingerprint density at radius 3 is 2.84 bits per heavy atom. The van der Waals surface area contributed by atoms with Crippen LogP contribution in [0.5, 0.6) is 0 Å². The fourth-order valence-electron chi connectivity index (χ4n) is 1.60. The molecule has 2 N–H and O–H groups in total. The lowest BCUT2D eigenvalue weighted by molar-refractivity contribution is 0.102. The van der Waals surface area contributed by atoms with E-state index in [9.17, 15) is 4.79 Å². The van der Waals surface area contributed by atoms with Crippen molar-refractivity contribution in [3.05, 3.63) is 36.3 Å². The third-order valence-electron chi connectivity index (χ3n) is 2.67. The van der Waals surface area contributed by atoms with E-state index in [0.717, 1.165) is 0 Å². The van der Waals surface area contributed by atoms with Crippen molar-refractivity contribution in [2.75, 3.05) is 17.7 Å². The van der Waals surface area contributed by atoms with Crippen LogP contribution in [0.2, 0.25) is 0 Å². The molecule has 0 aliphatic heterocycles. The van der Waals surface area contributed by atoms with Gasteiger partial charge in [0.2, 0.25) is 0 Å². The molecule has 0 spiro atoms. The highest BCUT2D eigenvalue weighted by atomic mass is 16.1. The van der Waals surface area contributed by atoms with Crippen LogP contribution in [-0.4, -0.2) is 27.7 Å². The van der Waals surface area contributed by atoms with Gasteiger partial charge in [-0.2, -0.15) is 5.10 Å². The Balaban J connectivity index is 2.11. The van der Waals surface area contributed by atoms with Crippen molar-refractivity contribution in [3.8, 4) is 0 Å². The minimum Gasteiger partial charge on any atom is -0.373 e. The topological polar surface area (TPSA) is 71.8 Å². The van der Waals surface area contributed by atoms with Crippen LogP contribution < -0.4 is 10.6 Å². The first kappa shape index (κ1) is 13.1. The Kier molecular flexibility index (Phi) is 3.79. The third-order valence-corrected chi connectivity index (χ3v) is 2.67. The average molecular weight is 259 g/mol. The fraction of sp³-hybridized carbons (Fsp3) is 0.308. The van der Waals surface area contributed by atoms with Crippen LogP contribution in [0, 0.1) is 0 Å². The van der Waals surface area contributed by atoms with E-state index in [1.807, 2.05) is 20.0 Å². The second-order valence-electron chi connectivity index (χ2n) is 4.44. The number of anilines is 2. The van der Waals surface area contributed by atoms with E-state index in [4.69, 9.17) is 0 Å². The molecule has 2 aromatic rings. The monoisotopic (exact) mass is 259 g/mol. The number of nitrogens with zero attached hydrogens (tertiary/aromatic N) is 3. The van der Waals surface area contributed by atoms with E-state index in [1.54, 1.807) is 36.3 Å². The number of aromatic nitrogens is 3. The summed E-state index contributed by atoms with van der Waals surface area (Å²) in [5.41, 5.74) is 1.23. The maximum absolute atomic E-state index is 12.1. The predicted molar refractivity (Wildman–Crippen MR) is 74.3 cm³/mol. The molecule has 0 aromatic carbocycles. The van der Waals surface area contributed by atoms with Gasteiger partial charge in [0.05, 0.1) is 11.9 Å². The van der Waals surface area contributed by atoms with Gasteiger partial charge in [0, 0.05) is 31.0 Å². The van der Waals surface area contributed by atoms with Gasteiger partial charge in [0.15, 0.2) is 0 Å². The van der Waals surface area contributed by atoms with Crippen molar-refractivity contribution < 1.29 is 4.79 Å². The van der Waals surface area contributed by atoms with Gasteiger partial charge in [-0.3, -0.25) is 9.48 Å². The van der Waals surface area contributed by atoms with Crippen molar-refractivity contribution in [2.45, 2.75) is 19.9 Å². The van der Waals surface area contributed by atoms with Crippen LogP contribution >= 0.6 is 0 Å². The molecule has 0 aliphatic rings. The Labute approximate surface area is 111 Å². The molecule has 2 rings (SSSR count). The normalized spacial score (nSPS) is 10.5. The van der Waals surface area contributed by atoms with Crippen LogP contribution in [-0.2, 0) is 0 Å². The number of carbonyl (C=O) groups is 1. The molecule has 1 amide bonds. The van der Waals surface area contributed by atoms with Gasteiger partial charge in [-0.25, -0.2) is 4.98 Å². The SMILES string of the molecule is CNc1cc(C(=O)Nc2cnn(C(C)C)c2)ccn1. The summed E-state index contributed by atoms with van der Waals surface area (Å²) in [6, 6.07) is 3.63. The van der Waals surface area contributed by atoms with E-state index < -0.39 is 0 Å². The maximum Gasteiger partial charge on any atom is 0.255 e. The summed E-state index contributed by atoms with van der Waals surface area (Å²) < 4.78 is 1.79. The van der Waals surface area contributed by atoms with Gasteiger partial charge in [-0.15, -0.1) is 0 Å². The summed E-state index contributed by atoms with van der Waals surface area (Å²) in [5, 5.41) is 9.88. The second-order valence-corrected chi connectivity index (χ2v) is 4.44. The van der Waals surface area contributed by atoms with E-state index in [1.165, 1.54) is 0 Å². The number of rotatable bonds is 4. The molecule has 100 valence electrons. The third kappa shape index (κ3) is 3.09. The lowest BCUT2D eigenvalue weighted by atomic mass is 10.2. The first-order valence-corrected chi connectivity index (χ1v) is 6.09. The summed E-state index contributed by atoms with van der Waals surface area (Å²) in [5.74, 6) is 0.479. The van der Waals surface area contributed by atoms with Gasteiger partial charge in [-0.1, -0.05) is 0 Å². The highest BCUT2D eigenvalue weighted by molar-refractivity contribution is 6.04. The maximum atomic E-state index is 12.1. The molecule has 0 fully saturated rings. The molecule has 0 radical (unpaired) electrons. The summed E-state index contributed by atoms with van der Waals surface area (Å²) >= 11 is 0. The number of hydrogen-bond acceptors (Lipinski definition) is 4. The minimum atomic E-state index is -0.179. The highest BCUT2D eigenvalue weighted by Crippen LogP contribution is 2.12. The molecule has 0 saturated carbocycles.